The highest BCUT2D eigenvalue weighted by atomic mass is 16.4. The van der Waals surface area contributed by atoms with E-state index in [1.165, 1.54) is 31.5 Å². The number of aliphatic carboxylic acids is 1. The maximum atomic E-state index is 12.8. The van der Waals surface area contributed by atoms with Crippen molar-refractivity contribution in [2.45, 2.75) is 45.6 Å². The molecule has 0 saturated carbocycles. The molecule has 0 bridgehead atoms. The fraction of sp³-hybridized carbons (Fsp3) is 0.367. The first-order valence-electron chi connectivity index (χ1n) is 13.3. The van der Waals surface area contributed by atoms with Crippen LogP contribution in [0.4, 0.5) is 5.69 Å². The summed E-state index contributed by atoms with van der Waals surface area (Å²) < 4.78 is 0. The number of fused-ring (bicyclic) bond motifs is 2. The maximum Gasteiger partial charge on any atom is 0.326 e. The van der Waals surface area contributed by atoms with Crippen LogP contribution in [0.5, 0.6) is 0 Å². The third-order valence-electron chi connectivity index (χ3n) is 7.43. The summed E-state index contributed by atoms with van der Waals surface area (Å²) in [5.74, 6) is -2.08. The van der Waals surface area contributed by atoms with E-state index in [9.17, 15) is 19.5 Å². The molecule has 1 saturated heterocycles. The SMILES string of the molecule is CC(C)C(NC(=O)c1ccc2c(c1)NC(=O)/C2=C/c1cc2cc(CCCN3CCCC3)ccc2[nH]1)C(=O)O. The van der Waals surface area contributed by atoms with E-state index in [1.807, 2.05) is 6.08 Å². The van der Waals surface area contributed by atoms with Crippen molar-refractivity contribution < 1.29 is 19.5 Å². The van der Waals surface area contributed by atoms with Crippen molar-refractivity contribution in [3.8, 4) is 0 Å². The van der Waals surface area contributed by atoms with Gasteiger partial charge < -0.3 is 25.6 Å². The Morgan fingerprint density at radius 3 is 2.63 bits per heavy atom. The lowest BCUT2D eigenvalue weighted by molar-refractivity contribution is -0.140. The van der Waals surface area contributed by atoms with Gasteiger partial charge in [0.1, 0.15) is 6.04 Å². The molecule has 2 aromatic carbocycles. The lowest BCUT2D eigenvalue weighted by Gasteiger charge is -2.18. The van der Waals surface area contributed by atoms with Gasteiger partial charge in [-0.15, -0.1) is 0 Å². The van der Waals surface area contributed by atoms with Crippen molar-refractivity contribution >= 4 is 46.0 Å². The zero-order valence-electron chi connectivity index (χ0n) is 21.8. The molecule has 4 N–H and O–H groups in total. The van der Waals surface area contributed by atoms with Crippen molar-refractivity contribution in [1.29, 1.82) is 0 Å². The highest BCUT2D eigenvalue weighted by Gasteiger charge is 2.27. The van der Waals surface area contributed by atoms with Crippen molar-refractivity contribution in [2.24, 2.45) is 5.92 Å². The van der Waals surface area contributed by atoms with Crippen LogP contribution >= 0.6 is 0 Å². The molecule has 1 atom stereocenters. The first-order chi connectivity index (χ1) is 18.3. The van der Waals surface area contributed by atoms with E-state index in [-0.39, 0.29) is 11.8 Å². The molecule has 5 rings (SSSR count). The number of carbonyl (C=O) groups excluding carboxylic acids is 2. The Kier molecular flexibility index (Phi) is 7.33. The van der Waals surface area contributed by atoms with Crippen molar-refractivity contribution in [1.82, 2.24) is 15.2 Å². The molecule has 38 heavy (non-hydrogen) atoms. The second-order valence-corrected chi connectivity index (χ2v) is 10.6. The van der Waals surface area contributed by atoms with Crippen molar-refractivity contribution in [3.05, 3.63) is 64.8 Å². The molecule has 2 amide bonds. The van der Waals surface area contributed by atoms with E-state index < -0.39 is 17.9 Å². The summed E-state index contributed by atoms with van der Waals surface area (Å²) in [6.07, 6.45) is 6.66. The summed E-state index contributed by atoms with van der Waals surface area (Å²) in [6, 6.07) is 12.5. The number of nitrogens with zero attached hydrogens (tertiary/aromatic N) is 1. The average Bonchev–Trinajstić information content (AvgIpc) is 3.61. The van der Waals surface area contributed by atoms with Gasteiger partial charge in [-0.3, -0.25) is 9.59 Å². The predicted molar refractivity (Wildman–Crippen MR) is 149 cm³/mol. The molecule has 0 aliphatic carbocycles. The highest BCUT2D eigenvalue weighted by Crippen LogP contribution is 2.34. The molecule has 2 aliphatic rings. The number of rotatable bonds is 9. The van der Waals surface area contributed by atoms with Gasteiger partial charge in [0.05, 0.1) is 5.57 Å². The van der Waals surface area contributed by atoms with Gasteiger partial charge in [0, 0.05) is 33.4 Å². The Bertz CT molecular complexity index is 1410. The summed E-state index contributed by atoms with van der Waals surface area (Å²) in [4.78, 5) is 42.8. The number of carboxylic acids is 1. The zero-order chi connectivity index (χ0) is 26.8. The third-order valence-corrected chi connectivity index (χ3v) is 7.43. The zero-order valence-corrected chi connectivity index (χ0v) is 21.8. The molecular weight excluding hydrogens is 480 g/mol. The van der Waals surface area contributed by atoms with Gasteiger partial charge in [-0.1, -0.05) is 26.0 Å². The summed E-state index contributed by atoms with van der Waals surface area (Å²) in [7, 11) is 0. The van der Waals surface area contributed by atoms with E-state index in [4.69, 9.17) is 0 Å². The van der Waals surface area contributed by atoms with E-state index in [1.54, 1.807) is 32.0 Å². The van der Waals surface area contributed by atoms with Crippen LogP contribution < -0.4 is 10.6 Å². The first kappa shape index (κ1) is 25.7. The fourth-order valence-corrected chi connectivity index (χ4v) is 5.32. The molecule has 1 unspecified atom stereocenters. The molecular formula is C30H34N4O4. The van der Waals surface area contributed by atoms with E-state index >= 15 is 0 Å². The molecule has 3 heterocycles. The Labute approximate surface area is 222 Å². The molecule has 0 radical (unpaired) electrons. The Morgan fingerprint density at radius 1 is 1.11 bits per heavy atom. The molecule has 198 valence electrons. The number of carboxylic acid groups (broad SMARTS) is 1. The highest BCUT2D eigenvalue weighted by molar-refractivity contribution is 6.35. The summed E-state index contributed by atoms with van der Waals surface area (Å²) in [6.45, 7) is 7.07. The summed E-state index contributed by atoms with van der Waals surface area (Å²) >= 11 is 0. The van der Waals surface area contributed by atoms with Crippen LogP contribution in [0.15, 0.2) is 42.5 Å². The van der Waals surface area contributed by atoms with Crippen molar-refractivity contribution in [3.63, 3.8) is 0 Å². The maximum absolute atomic E-state index is 12.8. The molecule has 2 aliphatic heterocycles. The van der Waals surface area contributed by atoms with Crippen LogP contribution in [0.1, 0.15) is 60.3 Å². The Balaban J connectivity index is 1.31. The van der Waals surface area contributed by atoms with Gasteiger partial charge in [-0.2, -0.15) is 0 Å². The lowest BCUT2D eigenvalue weighted by Crippen LogP contribution is -2.44. The van der Waals surface area contributed by atoms with Crippen LogP contribution in [0.3, 0.4) is 0 Å². The smallest absolute Gasteiger partial charge is 0.326 e. The second-order valence-electron chi connectivity index (χ2n) is 10.6. The van der Waals surface area contributed by atoms with Gasteiger partial charge in [0.2, 0.25) is 0 Å². The van der Waals surface area contributed by atoms with E-state index in [0.29, 0.717) is 22.4 Å². The minimum absolute atomic E-state index is 0.246. The molecule has 0 spiro atoms. The number of nitrogens with one attached hydrogen (secondary N) is 3. The number of carbonyl (C=O) groups is 3. The topological polar surface area (TPSA) is 115 Å². The second kappa shape index (κ2) is 10.8. The number of aromatic amines is 1. The van der Waals surface area contributed by atoms with Gasteiger partial charge in [0.15, 0.2) is 0 Å². The van der Waals surface area contributed by atoms with Gasteiger partial charge in [-0.25, -0.2) is 4.79 Å². The number of hydrogen-bond donors (Lipinski definition) is 4. The van der Waals surface area contributed by atoms with Crippen LogP contribution in [0, 0.1) is 5.92 Å². The number of likely N-dealkylation sites (tertiary alicyclic amines) is 1. The average molecular weight is 515 g/mol. The first-order valence-corrected chi connectivity index (χ1v) is 13.3. The van der Waals surface area contributed by atoms with Crippen LogP contribution in [-0.4, -0.2) is 58.5 Å². The predicted octanol–water partition coefficient (Wildman–Crippen LogP) is 4.53. The molecule has 1 aromatic heterocycles. The van der Waals surface area contributed by atoms with Gasteiger partial charge in [-0.05, 0) is 93.2 Å². The van der Waals surface area contributed by atoms with Crippen LogP contribution in [0.2, 0.25) is 0 Å². The number of H-pyrrole nitrogens is 1. The van der Waals surface area contributed by atoms with Gasteiger partial charge in [0.25, 0.3) is 11.8 Å². The normalized spacial score (nSPS) is 17.2. The number of anilines is 1. The quantitative estimate of drug-likeness (QED) is 0.313. The van der Waals surface area contributed by atoms with E-state index in [2.05, 4.69) is 44.8 Å². The van der Waals surface area contributed by atoms with Crippen LogP contribution in [0.25, 0.3) is 22.6 Å². The van der Waals surface area contributed by atoms with Crippen molar-refractivity contribution in [2.75, 3.05) is 25.0 Å². The Hall–Kier alpha value is -3.91. The van der Waals surface area contributed by atoms with Crippen LogP contribution in [-0.2, 0) is 16.0 Å². The molecule has 3 aromatic rings. The monoisotopic (exact) mass is 514 g/mol. The minimum Gasteiger partial charge on any atom is -0.480 e. The summed E-state index contributed by atoms with van der Waals surface area (Å²) in [5.41, 5.74) is 5.19. The Morgan fingerprint density at radius 2 is 1.89 bits per heavy atom. The minimum atomic E-state index is -1.08. The van der Waals surface area contributed by atoms with E-state index in [0.717, 1.165) is 36.0 Å². The van der Waals surface area contributed by atoms with Gasteiger partial charge >= 0.3 is 5.97 Å². The number of aryl methyl sites for hydroxylation is 1. The molecule has 8 heteroatoms. The molecule has 8 nitrogen and oxygen atoms in total. The third kappa shape index (κ3) is 5.50. The number of hydrogen-bond acceptors (Lipinski definition) is 4. The summed E-state index contributed by atoms with van der Waals surface area (Å²) in [5, 5.41) is 15.9. The number of amides is 2. The largest absolute Gasteiger partial charge is 0.480 e. The number of aromatic nitrogens is 1. The number of benzene rings is 2. The molecule has 1 fully saturated rings. The lowest BCUT2D eigenvalue weighted by atomic mass is 10.0. The standard InChI is InChI=1S/C30H34N4O4/c1-18(2)27(30(37)38)33-28(35)20-8-9-23-24(29(36)32-26(23)16-20)17-22-15-21-14-19(7-10-25(21)31-22)6-5-13-34-11-3-4-12-34/h7-10,14-18,27,31H,3-6,11-13H2,1-2H3,(H,32,36)(H,33,35)(H,37,38)/b24-17+. The fourth-order valence-electron chi connectivity index (χ4n) is 5.32.